The average molecular weight is 397 g/mol. The van der Waals surface area contributed by atoms with E-state index >= 15 is 0 Å². The minimum Gasteiger partial charge on any atom is -0.598 e. The summed E-state index contributed by atoms with van der Waals surface area (Å²) in [6.45, 7) is 9.43. The van der Waals surface area contributed by atoms with Gasteiger partial charge in [-0.05, 0) is 58.4 Å². The average Bonchev–Trinajstić information content (AvgIpc) is 2.53. The number of hydrogen-bond acceptors (Lipinski definition) is 5. The van der Waals surface area contributed by atoms with Gasteiger partial charge in [0.2, 0.25) is 5.88 Å². The number of benzene rings is 1. The SMILES string of the molecule is COc1nc2cc(OC(C)C)c(Cl)cc2cc1/C(C)=C/C(C)(C)[S+](N)[O-]. The first-order chi connectivity index (χ1) is 12.0. The Labute approximate surface area is 162 Å². The Morgan fingerprint density at radius 2 is 2.00 bits per heavy atom. The molecular weight excluding hydrogens is 372 g/mol. The number of methoxy groups -OCH3 is 1. The fourth-order valence-corrected chi connectivity index (χ4v) is 3.11. The van der Waals surface area contributed by atoms with Crippen LogP contribution in [0.15, 0.2) is 24.3 Å². The molecule has 0 saturated heterocycles. The fourth-order valence-electron chi connectivity index (χ4n) is 2.60. The molecule has 0 fully saturated rings. The van der Waals surface area contributed by atoms with E-state index in [1.807, 2.05) is 58.9 Å². The highest BCUT2D eigenvalue weighted by molar-refractivity contribution is 7.90. The van der Waals surface area contributed by atoms with E-state index in [9.17, 15) is 4.55 Å². The van der Waals surface area contributed by atoms with E-state index < -0.39 is 16.1 Å². The summed E-state index contributed by atoms with van der Waals surface area (Å²) in [5.41, 5.74) is 2.39. The number of aromatic nitrogens is 1. The summed E-state index contributed by atoms with van der Waals surface area (Å²) in [4.78, 5) is 4.59. The summed E-state index contributed by atoms with van der Waals surface area (Å²) in [5.74, 6) is 1.06. The lowest BCUT2D eigenvalue weighted by molar-refractivity contribution is 0.243. The highest BCUT2D eigenvalue weighted by Gasteiger charge is 2.28. The predicted octanol–water partition coefficient (Wildman–Crippen LogP) is 4.49. The van der Waals surface area contributed by atoms with Crippen molar-refractivity contribution >= 4 is 39.4 Å². The van der Waals surface area contributed by atoms with Gasteiger partial charge >= 0.3 is 0 Å². The van der Waals surface area contributed by atoms with Crippen molar-refractivity contribution < 1.29 is 14.0 Å². The Morgan fingerprint density at radius 3 is 2.54 bits per heavy atom. The van der Waals surface area contributed by atoms with Crippen molar-refractivity contribution in [1.29, 1.82) is 0 Å². The van der Waals surface area contributed by atoms with Gasteiger partial charge in [0.05, 0.1) is 23.8 Å². The Kier molecular flexibility index (Phi) is 6.45. The molecule has 0 radical (unpaired) electrons. The van der Waals surface area contributed by atoms with Crippen LogP contribution in [0.4, 0.5) is 0 Å². The smallest absolute Gasteiger partial charge is 0.221 e. The van der Waals surface area contributed by atoms with Crippen molar-refractivity contribution in [2.24, 2.45) is 5.14 Å². The Balaban J connectivity index is 2.60. The van der Waals surface area contributed by atoms with Crippen molar-refractivity contribution in [2.45, 2.75) is 45.5 Å². The maximum Gasteiger partial charge on any atom is 0.221 e. The molecule has 2 aromatic rings. The standard InChI is InChI=1S/C19H25ClN2O3S/c1-11(2)25-17-9-16-13(8-15(17)20)7-14(18(22-16)24-6)12(3)10-19(4,5)26(21)23/h7-11H,21H2,1-6H3/b12-10+. The van der Waals surface area contributed by atoms with E-state index in [0.29, 0.717) is 16.7 Å². The molecule has 5 nitrogen and oxygen atoms in total. The van der Waals surface area contributed by atoms with Gasteiger partial charge in [-0.2, -0.15) is 5.14 Å². The molecule has 2 N–H and O–H groups in total. The maximum atomic E-state index is 11.7. The molecule has 142 valence electrons. The first-order valence-corrected chi connectivity index (χ1v) is 9.85. The Morgan fingerprint density at radius 1 is 1.35 bits per heavy atom. The van der Waals surface area contributed by atoms with Crippen LogP contribution < -0.4 is 14.6 Å². The zero-order valence-electron chi connectivity index (χ0n) is 15.9. The van der Waals surface area contributed by atoms with E-state index in [2.05, 4.69) is 4.98 Å². The molecular formula is C19H25ClN2O3S. The molecule has 0 aliphatic rings. The topological polar surface area (TPSA) is 80.4 Å². The van der Waals surface area contributed by atoms with Crippen LogP contribution in [0.5, 0.6) is 11.6 Å². The maximum absolute atomic E-state index is 11.7. The van der Waals surface area contributed by atoms with E-state index in [4.69, 9.17) is 26.2 Å². The van der Waals surface area contributed by atoms with Crippen LogP contribution >= 0.6 is 11.6 Å². The van der Waals surface area contributed by atoms with E-state index in [1.165, 1.54) is 0 Å². The minimum absolute atomic E-state index is 0.00987. The third-order valence-electron chi connectivity index (χ3n) is 3.90. The van der Waals surface area contributed by atoms with E-state index in [1.54, 1.807) is 7.11 Å². The predicted molar refractivity (Wildman–Crippen MR) is 109 cm³/mol. The summed E-state index contributed by atoms with van der Waals surface area (Å²) in [5, 5.41) is 6.97. The lowest BCUT2D eigenvalue weighted by Gasteiger charge is -2.22. The minimum atomic E-state index is -1.49. The largest absolute Gasteiger partial charge is 0.598 e. The third kappa shape index (κ3) is 4.62. The molecule has 1 aromatic carbocycles. The molecule has 0 aliphatic heterocycles. The molecule has 0 amide bonds. The van der Waals surface area contributed by atoms with Gasteiger partial charge in [0.1, 0.15) is 5.75 Å². The number of ether oxygens (including phenoxy) is 2. The molecule has 0 bridgehead atoms. The Hall–Kier alpha value is -1.47. The third-order valence-corrected chi connectivity index (χ3v) is 5.35. The van der Waals surface area contributed by atoms with Crippen LogP contribution in [0.1, 0.15) is 40.2 Å². The second kappa shape index (κ2) is 8.05. The molecule has 1 unspecified atom stereocenters. The van der Waals surface area contributed by atoms with Gasteiger partial charge < -0.3 is 14.0 Å². The number of hydrogen-bond donors (Lipinski definition) is 1. The number of nitrogens with zero attached hydrogens (tertiary/aromatic N) is 1. The number of nitrogens with two attached hydrogens (primary N) is 1. The fraction of sp³-hybridized carbons (Fsp3) is 0.421. The zero-order valence-corrected chi connectivity index (χ0v) is 17.5. The lowest BCUT2D eigenvalue weighted by Crippen LogP contribution is -2.36. The van der Waals surface area contributed by atoms with Gasteiger partial charge in [-0.1, -0.05) is 11.6 Å². The van der Waals surface area contributed by atoms with Crippen LogP contribution in [0.3, 0.4) is 0 Å². The number of fused-ring (bicyclic) bond motifs is 1. The first kappa shape index (κ1) is 20.8. The summed E-state index contributed by atoms with van der Waals surface area (Å²) in [6, 6.07) is 5.58. The van der Waals surface area contributed by atoms with Crippen molar-refractivity contribution in [3.8, 4) is 11.6 Å². The van der Waals surface area contributed by atoms with Gasteiger partial charge in [0, 0.05) is 28.4 Å². The Bertz CT molecular complexity index is 835. The molecule has 1 heterocycles. The van der Waals surface area contributed by atoms with Gasteiger partial charge in [-0.25, -0.2) is 4.98 Å². The molecule has 2 rings (SSSR count). The van der Waals surface area contributed by atoms with Crippen LogP contribution in [0.25, 0.3) is 16.5 Å². The normalized spacial score (nSPS) is 14.0. The molecule has 0 spiro atoms. The van der Waals surface area contributed by atoms with E-state index in [0.717, 1.165) is 22.0 Å². The van der Waals surface area contributed by atoms with Crippen molar-refractivity contribution in [2.75, 3.05) is 7.11 Å². The molecule has 1 aromatic heterocycles. The van der Waals surface area contributed by atoms with Gasteiger partial charge in [0.25, 0.3) is 0 Å². The summed E-state index contributed by atoms with van der Waals surface area (Å²) in [7, 11) is 1.57. The van der Waals surface area contributed by atoms with Crippen molar-refractivity contribution in [3.05, 3.63) is 34.9 Å². The molecule has 7 heteroatoms. The van der Waals surface area contributed by atoms with Gasteiger partial charge in [-0.15, -0.1) is 0 Å². The first-order valence-electron chi connectivity index (χ1n) is 8.26. The second-order valence-corrected chi connectivity index (χ2v) is 8.97. The van der Waals surface area contributed by atoms with Crippen molar-refractivity contribution in [3.63, 3.8) is 0 Å². The number of halogens is 1. The van der Waals surface area contributed by atoms with Gasteiger partial charge in [-0.3, -0.25) is 0 Å². The molecule has 1 atom stereocenters. The van der Waals surface area contributed by atoms with Crippen LogP contribution in [-0.4, -0.2) is 27.5 Å². The summed E-state index contributed by atoms with van der Waals surface area (Å²) in [6.07, 6.45) is 1.88. The highest BCUT2D eigenvalue weighted by Crippen LogP contribution is 2.35. The quantitative estimate of drug-likeness (QED) is 0.727. The number of rotatable bonds is 6. The van der Waals surface area contributed by atoms with Crippen LogP contribution in [0.2, 0.25) is 5.02 Å². The number of pyridine rings is 1. The zero-order chi connectivity index (χ0) is 19.6. The lowest BCUT2D eigenvalue weighted by atomic mass is 10.0. The number of allylic oxidation sites excluding steroid dienone is 1. The second-order valence-electron chi connectivity index (χ2n) is 6.92. The monoisotopic (exact) mass is 396 g/mol. The highest BCUT2D eigenvalue weighted by atomic mass is 35.5. The van der Waals surface area contributed by atoms with E-state index in [-0.39, 0.29) is 6.10 Å². The summed E-state index contributed by atoms with van der Waals surface area (Å²) < 4.78 is 22.3. The summed E-state index contributed by atoms with van der Waals surface area (Å²) >= 11 is 4.85. The van der Waals surface area contributed by atoms with Crippen LogP contribution in [0, 0.1) is 0 Å². The molecule has 0 saturated carbocycles. The molecule has 0 aliphatic carbocycles. The van der Waals surface area contributed by atoms with Crippen LogP contribution in [-0.2, 0) is 11.4 Å². The molecule has 26 heavy (non-hydrogen) atoms. The van der Waals surface area contributed by atoms with Gasteiger partial charge in [0.15, 0.2) is 4.75 Å². The van der Waals surface area contributed by atoms with Crippen molar-refractivity contribution in [1.82, 2.24) is 4.98 Å².